The largest absolute Gasteiger partial charge is 0.456 e. The molecule has 0 amide bonds. The van der Waals surface area contributed by atoms with E-state index in [2.05, 4.69) is 193 Å². The Balaban J connectivity index is 1.01. The minimum atomic E-state index is 0.874. The van der Waals surface area contributed by atoms with Gasteiger partial charge in [-0.1, -0.05) is 133 Å². The molecular weight excluding hydrogens is 695 g/mol. The summed E-state index contributed by atoms with van der Waals surface area (Å²) in [6, 6.07) is 71.7. The maximum Gasteiger partial charge on any atom is 0.143 e. The molecule has 0 saturated carbocycles. The fourth-order valence-electron chi connectivity index (χ4n) is 8.90. The summed E-state index contributed by atoms with van der Waals surface area (Å²) in [5.74, 6) is 0. The molecule has 0 bridgehead atoms. The van der Waals surface area contributed by atoms with Gasteiger partial charge in [-0.3, -0.25) is 0 Å². The van der Waals surface area contributed by atoms with E-state index in [0.29, 0.717) is 0 Å². The van der Waals surface area contributed by atoms with Gasteiger partial charge >= 0.3 is 0 Å². The lowest BCUT2D eigenvalue weighted by Crippen LogP contribution is -2.10. The first-order valence-corrected chi connectivity index (χ1v) is 19.4. The van der Waals surface area contributed by atoms with Crippen molar-refractivity contribution in [3.63, 3.8) is 0 Å². The zero-order valence-electron chi connectivity index (χ0n) is 30.8. The maximum atomic E-state index is 6.58. The first-order chi connectivity index (χ1) is 28.2. The van der Waals surface area contributed by atoms with Crippen LogP contribution in [0.1, 0.15) is 0 Å². The third kappa shape index (κ3) is 5.06. The number of furan rings is 2. The Morgan fingerprint density at radius 1 is 0.298 bits per heavy atom. The first-order valence-electron chi connectivity index (χ1n) is 19.4. The number of benzene rings is 10. The van der Waals surface area contributed by atoms with Crippen LogP contribution >= 0.6 is 0 Å². The molecule has 0 fully saturated rings. The molecule has 0 N–H and O–H groups in total. The predicted octanol–water partition coefficient (Wildman–Crippen LogP) is 15.7. The molecule has 0 radical (unpaired) electrons. The predicted molar refractivity (Wildman–Crippen MR) is 239 cm³/mol. The van der Waals surface area contributed by atoms with Crippen LogP contribution in [0.2, 0.25) is 0 Å². The van der Waals surface area contributed by atoms with Crippen molar-refractivity contribution in [3.05, 3.63) is 200 Å². The summed E-state index contributed by atoms with van der Waals surface area (Å²) < 4.78 is 12.8. The fraction of sp³-hybridized carbons (Fsp3) is 0. The summed E-state index contributed by atoms with van der Waals surface area (Å²) in [6.45, 7) is 0. The molecule has 2 aromatic heterocycles. The molecule has 12 aromatic rings. The van der Waals surface area contributed by atoms with Crippen molar-refractivity contribution in [2.75, 3.05) is 4.90 Å². The molecule has 0 saturated heterocycles. The van der Waals surface area contributed by atoms with E-state index >= 15 is 0 Å². The number of rotatable bonds is 5. The topological polar surface area (TPSA) is 29.5 Å². The molecule has 12 rings (SSSR count). The lowest BCUT2D eigenvalue weighted by atomic mass is 9.97. The normalized spacial score (nSPS) is 11.9. The van der Waals surface area contributed by atoms with Gasteiger partial charge in [-0.05, 0) is 116 Å². The van der Waals surface area contributed by atoms with Gasteiger partial charge in [0.15, 0.2) is 0 Å². The van der Waals surface area contributed by atoms with Gasteiger partial charge < -0.3 is 13.7 Å². The first kappa shape index (κ1) is 31.7. The van der Waals surface area contributed by atoms with E-state index in [4.69, 9.17) is 8.83 Å². The van der Waals surface area contributed by atoms with Crippen LogP contribution in [0.3, 0.4) is 0 Å². The number of nitrogens with zero attached hydrogens (tertiary/aromatic N) is 1. The van der Waals surface area contributed by atoms with Crippen LogP contribution in [-0.2, 0) is 0 Å². The number of anilines is 3. The van der Waals surface area contributed by atoms with Crippen LogP contribution < -0.4 is 4.90 Å². The summed E-state index contributed by atoms with van der Waals surface area (Å²) in [6.07, 6.45) is 0. The van der Waals surface area contributed by atoms with E-state index in [1.165, 1.54) is 38.1 Å². The minimum absolute atomic E-state index is 0.874. The molecule has 0 atom stereocenters. The quantitative estimate of drug-likeness (QED) is 0.165. The highest BCUT2D eigenvalue weighted by molar-refractivity contribution is 6.19. The maximum absolute atomic E-state index is 6.58. The monoisotopic (exact) mass is 727 g/mol. The molecule has 10 aromatic carbocycles. The van der Waals surface area contributed by atoms with Crippen LogP contribution in [0.4, 0.5) is 17.1 Å². The third-order valence-electron chi connectivity index (χ3n) is 11.6. The average molecular weight is 728 g/mol. The summed E-state index contributed by atoms with van der Waals surface area (Å²) in [7, 11) is 0. The van der Waals surface area contributed by atoms with Crippen molar-refractivity contribution in [1.82, 2.24) is 0 Å². The van der Waals surface area contributed by atoms with E-state index in [0.717, 1.165) is 77.5 Å². The van der Waals surface area contributed by atoms with E-state index in [1.807, 2.05) is 12.1 Å². The Morgan fingerprint density at radius 2 is 0.930 bits per heavy atom. The standard InChI is InChI=1S/C54H33NO2/c1-3-13-43-35(9-1)19-20-39-31-37(24-28-44(39)43)34-21-25-40(26-22-34)55(42-27-30-51-49(33-42)47-15-5-6-17-50(47)56-51)41-12-7-11-38(32-41)45-16-8-18-52-53(45)48-29-23-36-10-2-4-14-46(36)54(48)57-52/h1-33H. The highest BCUT2D eigenvalue weighted by Crippen LogP contribution is 2.43. The Bertz CT molecular complexity index is 3530. The Hall–Kier alpha value is -7.62. The molecule has 266 valence electrons. The number of hydrogen-bond donors (Lipinski definition) is 0. The second-order valence-corrected chi connectivity index (χ2v) is 14.9. The average Bonchev–Trinajstić information content (AvgIpc) is 3.85. The lowest BCUT2D eigenvalue weighted by molar-refractivity contribution is 0.669. The highest BCUT2D eigenvalue weighted by Gasteiger charge is 2.19. The number of hydrogen-bond acceptors (Lipinski definition) is 3. The van der Waals surface area contributed by atoms with E-state index in [9.17, 15) is 0 Å². The van der Waals surface area contributed by atoms with Gasteiger partial charge in [0.25, 0.3) is 0 Å². The van der Waals surface area contributed by atoms with Gasteiger partial charge in [0.2, 0.25) is 0 Å². The van der Waals surface area contributed by atoms with Gasteiger partial charge in [-0.25, -0.2) is 0 Å². The van der Waals surface area contributed by atoms with Gasteiger partial charge in [-0.15, -0.1) is 0 Å². The Kier molecular flexibility index (Phi) is 6.93. The Morgan fingerprint density at radius 3 is 1.82 bits per heavy atom. The summed E-state index contributed by atoms with van der Waals surface area (Å²) >= 11 is 0. The molecule has 2 heterocycles. The van der Waals surface area contributed by atoms with E-state index in [1.54, 1.807) is 0 Å². The summed E-state index contributed by atoms with van der Waals surface area (Å²) in [4.78, 5) is 2.35. The van der Waals surface area contributed by atoms with Gasteiger partial charge in [0.1, 0.15) is 22.3 Å². The molecule has 0 aliphatic rings. The van der Waals surface area contributed by atoms with Gasteiger partial charge in [0.05, 0.1) is 0 Å². The molecular formula is C54H33NO2. The zero-order valence-corrected chi connectivity index (χ0v) is 30.8. The highest BCUT2D eigenvalue weighted by atomic mass is 16.3. The minimum Gasteiger partial charge on any atom is -0.456 e. The summed E-state index contributed by atoms with van der Waals surface area (Å²) in [5, 5.41) is 11.8. The molecule has 0 aliphatic heterocycles. The van der Waals surface area contributed by atoms with Crippen LogP contribution in [0, 0.1) is 0 Å². The van der Waals surface area contributed by atoms with E-state index in [-0.39, 0.29) is 0 Å². The Labute approximate surface area is 328 Å². The zero-order chi connectivity index (χ0) is 37.5. The van der Waals surface area contributed by atoms with Crippen molar-refractivity contribution < 1.29 is 8.83 Å². The number of para-hydroxylation sites is 1. The van der Waals surface area contributed by atoms with Gasteiger partial charge in [-0.2, -0.15) is 0 Å². The van der Waals surface area contributed by atoms with Gasteiger partial charge in [0, 0.05) is 44.0 Å². The lowest BCUT2D eigenvalue weighted by Gasteiger charge is -2.26. The number of fused-ring (bicyclic) bond motifs is 11. The smallest absolute Gasteiger partial charge is 0.143 e. The molecule has 0 aliphatic carbocycles. The second-order valence-electron chi connectivity index (χ2n) is 14.9. The molecule has 3 heteroatoms. The van der Waals surface area contributed by atoms with E-state index < -0.39 is 0 Å². The van der Waals surface area contributed by atoms with Crippen molar-refractivity contribution >= 4 is 93.3 Å². The van der Waals surface area contributed by atoms with Crippen molar-refractivity contribution in [3.8, 4) is 22.3 Å². The molecule has 0 unspecified atom stereocenters. The fourth-order valence-corrected chi connectivity index (χ4v) is 8.90. The molecule has 57 heavy (non-hydrogen) atoms. The third-order valence-corrected chi connectivity index (χ3v) is 11.6. The second kappa shape index (κ2) is 12.5. The van der Waals surface area contributed by atoms with Crippen molar-refractivity contribution in [1.29, 1.82) is 0 Å². The van der Waals surface area contributed by atoms with Crippen molar-refractivity contribution in [2.24, 2.45) is 0 Å². The van der Waals surface area contributed by atoms with Crippen LogP contribution in [0.5, 0.6) is 0 Å². The van der Waals surface area contributed by atoms with Crippen molar-refractivity contribution in [2.45, 2.75) is 0 Å². The van der Waals surface area contributed by atoms with Crippen LogP contribution in [-0.4, -0.2) is 0 Å². The van der Waals surface area contributed by atoms with Crippen LogP contribution in [0.15, 0.2) is 209 Å². The van der Waals surface area contributed by atoms with Crippen LogP contribution in [0.25, 0.3) is 98.4 Å². The molecule has 3 nitrogen and oxygen atoms in total. The summed E-state index contributed by atoms with van der Waals surface area (Å²) in [5.41, 5.74) is 11.4. The molecule has 0 spiro atoms. The SMILES string of the molecule is c1cc(-c2cccc3oc4c5ccccc5ccc4c23)cc(N(c2ccc(-c3ccc4c(ccc5ccccc54)c3)cc2)c2ccc3oc4ccccc4c3c2)c1.